The fraction of sp³-hybridized carbons (Fsp3) is 0.500. The molecule has 0 amide bonds. The highest BCUT2D eigenvalue weighted by molar-refractivity contribution is 5.86. The third kappa shape index (κ3) is 2.01. The van der Waals surface area contributed by atoms with Gasteiger partial charge in [-0.2, -0.15) is 0 Å². The molecule has 3 nitrogen and oxygen atoms in total. The molecular weight excluding hydrogens is 188 g/mol. The minimum atomic E-state index is 0.0913. The Hall–Kier alpha value is -1.38. The van der Waals surface area contributed by atoms with Gasteiger partial charge in [0.2, 0.25) is 0 Å². The number of hydrogen-bond acceptors (Lipinski definition) is 3. The van der Waals surface area contributed by atoms with Crippen LogP contribution in [0.5, 0.6) is 0 Å². The largest absolute Gasteiger partial charge is 0.411 e. The molecule has 2 rings (SSSR count). The van der Waals surface area contributed by atoms with E-state index >= 15 is 0 Å². The third-order valence-corrected chi connectivity index (χ3v) is 3.29. The molecule has 1 heterocycles. The molecule has 15 heavy (non-hydrogen) atoms. The number of nitrogens with zero attached hydrogens (tertiary/aromatic N) is 2. The zero-order valence-electron chi connectivity index (χ0n) is 8.98. The lowest BCUT2D eigenvalue weighted by atomic mass is 9.71. The molecule has 0 radical (unpaired) electrons. The first kappa shape index (κ1) is 10.1. The predicted molar refractivity (Wildman–Crippen MR) is 59.3 cm³/mol. The highest BCUT2D eigenvalue weighted by atomic mass is 16.4. The molecule has 0 spiro atoms. The van der Waals surface area contributed by atoms with Crippen LogP contribution in [0, 0.1) is 0 Å². The fourth-order valence-electron chi connectivity index (χ4n) is 2.36. The summed E-state index contributed by atoms with van der Waals surface area (Å²) in [6.07, 6.45) is 7.70. The highest BCUT2D eigenvalue weighted by Gasteiger charge is 2.32. The summed E-state index contributed by atoms with van der Waals surface area (Å²) in [5, 5.41) is 12.2. The van der Waals surface area contributed by atoms with Crippen LogP contribution in [0.4, 0.5) is 0 Å². The lowest BCUT2D eigenvalue weighted by Crippen LogP contribution is -2.30. The Morgan fingerprint density at radius 2 is 2.40 bits per heavy atom. The van der Waals surface area contributed by atoms with E-state index in [2.05, 4.69) is 23.1 Å². The first-order valence-electron chi connectivity index (χ1n) is 5.35. The Morgan fingerprint density at radius 3 is 3.07 bits per heavy atom. The molecule has 1 saturated carbocycles. The summed E-state index contributed by atoms with van der Waals surface area (Å²) in [6.45, 7) is 2.22. The summed E-state index contributed by atoms with van der Waals surface area (Å²) >= 11 is 0. The predicted octanol–water partition coefficient (Wildman–Crippen LogP) is 2.74. The Morgan fingerprint density at radius 1 is 1.53 bits per heavy atom. The fourth-order valence-corrected chi connectivity index (χ4v) is 2.36. The van der Waals surface area contributed by atoms with Crippen LogP contribution in [0.2, 0.25) is 0 Å². The average Bonchev–Trinajstić information content (AvgIpc) is 2.30. The van der Waals surface area contributed by atoms with Crippen molar-refractivity contribution in [1.29, 1.82) is 0 Å². The maximum atomic E-state index is 8.84. The van der Waals surface area contributed by atoms with Gasteiger partial charge in [0.25, 0.3) is 0 Å². The maximum absolute atomic E-state index is 8.84. The summed E-state index contributed by atoms with van der Waals surface area (Å²) in [7, 11) is 0. The SMILES string of the molecule is CC1(c2cccnc2)CCC/C(=N\O)C1. The summed E-state index contributed by atoms with van der Waals surface area (Å²) in [4.78, 5) is 4.15. The lowest BCUT2D eigenvalue weighted by molar-refractivity contribution is 0.306. The van der Waals surface area contributed by atoms with Crippen LogP contribution < -0.4 is 0 Å². The van der Waals surface area contributed by atoms with Crippen molar-refractivity contribution in [2.45, 2.75) is 38.0 Å². The highest BCUT2D eigenvalue weighted by Crippen LogP contribution is 2.37. The summed E-state index contributed by atoms with van der Waals surface area (Å²) in [6, 6.07) is 4.07. The average molecular weight is 204 g/mol. The van der Waals surface area contributed by atoms with Gasteiger partial charge in [0, 0.05) is 12.4 Å². The van der Waals surface area contributed by atoms with Crippen LogP contribution >= 0.6 is 0 Å². The Balaban J connectivity index is 2.27. The molecule has 1 fully saturated rings. The zero-order valence-corrected chi connectivity index (χ0v) is 8.98. The van der Waals surface area contributed by atoms with Gasteiger partial charge in [-0.1, -0.05) is 18.1 Å². The molecule has 0 bridgehead atoms. The Labute approximate surface area is 89.8 Å². The van der Waals surface area contributed by atoms with Crippen molar-refractivity contribution >= 4 is 5.71 Å². The van der Waals surface area contributed by atoms with E-state index in [9.17, 15) is 0 Å². The Bertz CT molecular complexity index is 361. The number of oxime groups is 1. The first-order chi connectivity index (χ1) is 7.24. The van der Waals surface area contributed by atoms with Crippen LogP contribution in [-0.2, 0) is 5.41 Å². The van der Waals surface area contributed by atoms with Crippen molar-refractivity contribution in [2.75, 3.05) is 0 Å². The third-order valence-electron chi connectivity index (χ3n) is 3.29. The van der Waals surface area contributed by atoms with Crippen molar-refractivity contribution in [3.05, 3.63) is 30.1 Å². The van der Waals surface area contributed by atoms with Crippen molar-refractivity contribution in [3.8, 4) is 0 Å². The minimum absolute atomic E-state index is 0.0913. The summed E-state index contributed by atoms with van der Waals surface area (Å²) < 4.78 is 0. The lowest BCUT2D eigenvalue weighted by Gasteiger charge is -2.34. The second-order valence-corrected chi connectivity index (χ2v) is 4.50. The van der Waals surface area contributed by atoms with Gasteiger partial charge in [-0.15, -0.1) is 0 Å². The van der Waals surface area contributed by atoms with E-state index in [1.165, 1.54) is 5.56 Å². The number of rotatable bonds is 1. The molecule has 80 valence electrons. The number of pyridine rings is 1. The van der Waals surface area contributed by atoms with Crippen molar-refractivity contribution in [1.82, 2.24) is 4.98 Å². The summed E-state index contributed by atoms with van der Waals surface area (Å²) in [5.41, 5.74) is 2.24. The van der Waals surface area contributed by atoms with E-state index in [1.54, 1.807) is 6.20 Å². The van der Waals surface area contributed by atoms with Crippen molar-refractivity contribution < 1.29 is 5.21 Å². The standard InChI is InChI=1S/C12H16N2O/c1-12(10-4-3-7-13-9-10)6-2-5-11(8-12)14-15/h3-4,7,9,15H,2,5-6,8H2,1H3/b14-11+. The molecule has 1 aliphatic rings. The minimum Gasteiger partial charge on any atom is -0.411 e. The van der Waals surface area contributed by atoms with Gasteiger partial charge in [0.1, 0.15) is 0 Å². The van der Waals surface area contributed by atoms with Crippen LogP contribution in [0.1, 0.15) is 38.2 Å². The van der Waals surface area contributed by atoms with Gasteiger partial charge in [0.05, 0.1) is 5.71 Å². The first-order valence-corrected chi connectivity index (χ1v) is 5.35. The molecule has 0 aliphatic heterocycles. The van der Waals surface area contributed by atoms with Gasteiger partial charge < -0.3 is 5.21 Å². The quantitative estimate of drug-likeness (QED) is 0.564. The molecule has 0 saturated heterocycles. The summed E-state index contributed by atoms with van der Waals surface area (Å²) in [5.74, 6) is 0. The molecule has 1 aromatic rings. The van der Waals surface area contributed by atoms with E-state index in [4.69, 9.17) is 5.21 Å². The van der Waals surface area contributed by atoms with Crippen molar-refractivity contribution in [3.63, 3.8) is 0 Å². The van der Waals surface area contributed by atoms with Gasteiger partial charge in [-0.25, -0.2) is 0 Å². The molecule has 1 unspecified atom stereocenters. The van der Waals surface area contributed by atoms with Crippen LogP contribution in [0.3, 0.4) is 0 Å². The second kappa shape index (κ2) is 4.01. The van der Waals surface area contributed by atoms with Gasteiger partial charge in [-0.3, -0.25) is 4.98 Å². The van der Waals surface area contributed by atoms with Gasteiger partial charge in [-0.05, 0) is 42.7 Å². The molecule has 0 aromatic carbocycles. The zero-order chi connectivity index (χ0) is 10.7. The smallest absolute Gasteiger partial charge is 0.0579 e. The van der Waals surface area contributed by atoms with Crippen LogP contribution in [-0.4, -0.2) is 15.9 Å². The van der Waals surface area contributed by atoms with E-state index < -0.39 is 0 Å². The normalized spacial score (nSPS) is 29.3. The monoisotopic (exact) mass is 204 g/mol. The Kier molecular flexibility index (Phi) is 2.71. The molecule has 3 heteroatoms. The topological polar surface area (TPSA) is 45.5 Å². The van der Waals surface area contributed by atoms with Crippen LogP contribution in [0.15, 0.2) is 29.7 Å². The molecule has 1 aliphatic carbocycles. The van der Waals surface area contributed by atoms with E-state index in [-0.39, 0.29) is 5.41 Å². The molecule has 1 N–H and O–H groups in total. The van der Waals surface area contributed by atoms with Gasteiger partial charge >= 0.3 is 0 Å². The second-order valence-electron chi connectivity index (χ2n) is 4.50. The molecule has 1 atom stereocenters. The van der Waals surface area contributed by atoms with E-state index in [0.717, 1.165) is 31.4 Å². The number of hydrogen-bond donors (Lipinski definition) is 1. The molecular formula is C12H16N2O. The molecule has 1 aromatic heterocycles. The van der Waals surface area contributed by atoms with Crippen LogP contribution in [0.25, 0.3) is 0 Å². The van der Waals surface area contributed by atoms with E-state index in [1.807, 2.05) is 12.3 Å². The number of aromatic nitrogens is 1. The van der Waals surface area contributed by atoms with Gasteiger partial charge in [0.15, 0.2) is 0 Å². The maximum Gasteiger partial charge on any atom is 0.0579 e. The van der Waals surface area contributed by atoms with Crippen molar-refractivity contribution in [2.24, 2.45) is 5.16 Å². The van der Waals surface area contributed by atoms with E-state index in [0.29, 0.717) is 0 Å².